The molecule has 0 radical (unpaired) electrons. The molecule has 1 aromatic heterocycles. The average molecular weight is 275 g/mol. The lowest BCUT2D eigenvalue weighted by atomic mass is 9.93. The van der Waals surface area contributed by atoms with Gasteiger partial charge in [0.05, 0.1) is 0 Å². The molecule has 0 aromatic carbocycles. The Morgan fingerprint density at radius 1 is 1.12 bits per heavy atom. The van der Waals surface area contributed by atoms with Crippen molar-refractivity contribution in [2.75, 3.05) is 18.0 Å². The summed E-state index contributed by atoms with van der Waals surface area (Å²) in [4.78, 5) is 14.1. The summed E-state index contributed by atoms with van der Waals surface area (Å²) in [5.74, 6) is 1.44. The summed E-state index contributed by atoms with van der Waals surface area (Å²) in [6.45, 7) is 4.18. The van der Waals surface area contributed by atoms with E-state index in [2.05, 4.69) is 26.8 Å². The molecule has 17 heavy (non-hydrogen) atoms. The standard InChI is InChI=1S/C11H16Cl2N4/c1-2-3-8-4-6-17(7-5-8)11-15-9(12)14-10(13)16-11/h8H,2-7H2,1H3. The number of nitrogens with zero attached hydrogens (tertiary/aromatic N) is 4. The van der Waals surface area contributed by atoms with E-state index in [4.69, 9.17) is 23.2 Å². The molecule has 2 rings (SSSR count). The van der Waals surface area contributed by atoms with Gasteiger partial charge in [0.25, 0.3) is 0 Å². The molecule has 0 bridgehead atoms. The number of hydrogen-bond acceptors (Lipinski definition) is 4. The molecule has 1 saturated heterocycles. The highest BCUT2D eigenvalue weighted by molar-refractivity contribution is 6.31. The van der Waals surface area contributed by atoms with Crippen molar-refractivity contribution >= 4 is 29.2 Å². The van der Waals surface area contributed by atoms with Crippen LogP contribution in [0.15, 0.2) is 0 Å². The molecule has 0 atom stereocenters. The SMILES string of the molecule is CCCC1CCN(c2nc(Cl)nc(Cl)n2)CC1. The minimum atomic E-state index is 0.163. The summed E-state index contributed by atoms with van der Waals surface area (Å²) in [5, 5.41) is 0.325. The molecule has 1 aliphatic rings. The first-order valence-corrected chi connectivity index (χ1v) is 6.76. The molecule has 1 fully saturated rings. The van der Waals surface area contributed by atoms with E-state index in [0.717, 1.165) is 19.0 Å². The van der Waals surface area contributed by atoms with E-state index >= 15 is 0 Å². The van der Waals surface area contributed by atoms with Gasteiger partial charge in [0.2, 0.25) is 16.5 Å². The molecular formula is C11H16Cl2N4. The molecule has 0 N–H and O–H groups in total. The fraction of sp³-hybridized carbons (Fsp3) is 0.727. The Hall–Kier alpha value is -0.610. The van der Waals surface area contributed by atoms with Crippen LogP contribution in [-0.2, 0) is 0 Å². The second kappa shape index (κ2) is 5.83. The van der Waals surface area contributed by atoms with Gasteiger partial charge in [0.1, 0.15) is 0 Å². The zero-order valence-corrected chi connectivity index (χ0v) is 11.4. The normalized spacial score (nSPS) is 17.5. The second-order valence-electron chi connectivity index (χ2n) is 4.39. The van der Waals surface area contributed by atoms with Crippen LogP contribution in [0.2, 0.25) is 10.6 Å². The lowest BCUT2D eigenvalue weighted by molar-refractivity contribution is 0.376. The first-order chi connectivity index (χ1) is 8.19. The van der Waals surface area contributed by atoms with Gasteiger partial charge < -0.3 is 4.90 Å². The van der Waals surface area contributed by atoms with Gasteiger partial charge in [-0.3, -0.25) is 0 Å². The maximum Gasteiger partial charge on any atom is 0.230 e. The predicted molar refractivity (Wildman–Crippen MR) is 69.7 cm³/mol. The van der Waals surface area contributed by atoms with Gasteiger partial charge >= 0.3 is 0 Å². The largest absolute Gasteiger partial charge is 0.341 e. The molecule has 2 heterocycles. The third-order valence-corrected chi connectivity index (χ3v) is 3.50. The van der Waals surface area contributed by atoms with Gasteiger partial charge in [-0.1, -0.05) is 19.8 Å². The highest BCUT2D eigenvalue weighted by Gasteiger charge is 2.21. The second-order valence-corrected chi connectivity index (χ2v) is 5.07. The molecule has 4 nitrogen and oxygen atoms in total. The van der Waals surface area contributed by atoms with Gasteiger partial charge in [-0.2, -0.15) is 15.0 Å². The summed E-state index contributed by atoms with van der Waals surface area (Å²) in [6, 6.07) is 0. The van der Waals surface area contributed by atoms with Crippen LogP contribution >= 0.6 is 23.2 Å². The molecule has 0 aliphatic carbocycles. The van der Waals surface area contributed by atoms with Gasteiger partial charge in [0, 0.05) is 13.1 Å². The monoisotopic (exact) mass is 274 g/mol. The molecular weight excluding hydrogens is 259 g/mol. The molecule has 1 aromatic rings. The number of piperidine rings is 1. The van der Waals surface area contributed by atoms with Crippen molar-refractivity contribution in [3.63, 3.8) is 0 Å². The van der Waals surface area contributed by atoms with E-state index in [0.29, 0.717) is 5.95 Å². The van der Waals surface area contributed by atoms with E-state index in [9.17, 15) is 0 Å². The van der Waals surface area contributed by atoms with E-state index in [1.54, 1.807) is 0 Å². The minimum absolute atomic E-state index is 0.163. The van der Waals surface area contributed by atoms with Crippen molar-refractivity contribution in [2.45, 2.75) is 32.6 Å². The van der Waals surface area contributed by atoms with E-state index in [1.807, 2.05) is 0 Å². The van der Waals surface area contributed by atoms with Gasteiger partial charge in [0.15, 0.2) is 0 Å². The topological polar surface area (TPSA) is 41.9 Å². The molecule has 0 unspecified atom stereocenters. The van der Waals surface area contributed by atoms with Crippen molar-refractivity contribution in [1.82, 2.24) is 15.0 Å². The predicted octanol–water partition coefficient (Wildman–Crippen LogP) is 3.19. The summed E-state index contributed by atoms with van der Waals surface area (Å²) < 4.78 is 0. The quantitative estimate of drug-likeness (QED) is 0.849. The first-order valence-electron chi connectivity index (χ1n) is 6.01. The number of halogens is 2. The third kappa shape index (κ3) is 3.42. The Morgan fingerprint density at radius 3 is 2.24 bits per heavy atom. The fourth-order valence-corrected chi connectivity index (χ4v) is 2.64. The van der Waals surface area contributed by atoms with E-state index < -0.39 is 0 Å². The summed E-state index contributed by atoms with van der Waals surface area (Å²) in [7, 11) is 0. The van der Waals surface area contributed by atoms with Crippen LogP contribution in [0.3, 0.4) is 0 Å². The Balaban J connectivity index is 2.00. The van der Waals surface area contributed by atoms with Crippen molar-refractivity contribution in [1.29, 1.82) is 0 Å². The highest BCUT2D eigenvalue weighted by atomic mass is 35.5. The van der Waals surface area contributed by atoms with Crippen molar-refractivity contribution in [2.24, 2.45) is 5.92 Å². The Labute approximate surface area is 111 Å². The molecule has 6 heteroatoms. The number of anilines is 1. The van der Waals surface area contributed by atoms with Crippen LogP contribution in [0.25, 0.3) is 0 Å². The van der Waals surface area contributed by atoms with Crippen molar-refractivity contribution < 1.29 is 0 Å². The van der Waals surface area contributed by atoms with Crippen molar-refractivity contribution in [3.05, 3.63) is 10.6 Å². The molecule has 1 aliphatic heterocycles. The number of rotatable bonds is 3. The van der Waals surface area contributed by atoms with Crippen LogP contribution in [0.1, 0.15) is 32.6 Å². The van der Waals surface area contributed by atoms with Crippen LogP contribution in [0, 0.1) is 5.92 Å². The third-order valence-electron chi connectivity index (χ3n) is 3.16. The molecule has 0 spiro atoms. The van der Waals surface area contributed by atoms with Gasteiger partial charge in [-0.05, 0) is 42.0 Å². The van der Waals surface area contributed by atoms with Crippen LogP contribution in [0.4, 0.5) is 5.95 Å². The smallest absolute Gasteiger partial charge is 0.230 e. The highest BCUT2D eigenvalue weighted by Crippen LogP contribution is 2.24. The van der Waals surface area contributed by atoms with Crippen LogP contribution in [0.5, 0.6) is 0 Å². The maximum atomic E-state index is 5.77. The van der Waals surface area contributed by atoms with Gasteiger partial charge in [-0.15, -0.1) is 0 Å². The Morgan fingerprint density at radius 2 is 1.71 bits per heavy atom. The summed E-state index contributed by atoms with van der Waals surface area (Å²) in [6.07, 6.45) is 4.95. The summed E-state index contributed by atoms with van der Waals surface area (Å²) in [5.41, 5.74) is 0. The Bertz CT molecular complexity index is 357. The zero-order valence-electron chi connectivity index (χ0n) is 9.86. The van der Waals surface area contributed by atoms with E-state index in [-0.39, 0.29) is 10.6 Å². The lowest BCUT2D eigenvalue weighted by Gasteiger charge is -2.31. The molecule has 94 valence electrons. The van der Waals surface area contributed by atoms with Gasteiger partial charge in [-0.25, -0.2) is 0 Å². The fourth-order valence-electron chi connectivity index (χ4n) is 2.29. The number of hydrogen-bond donors (Lipinski definition) is 0. The lowest BCUT2D eigenvalue weighted by Crippen LogP contribution is -2.35. The Kier molecular flexibility index (Phi) is 4.40. The van der Waals surface area contributed by atoms with Crippen LogP contribution in [-0.4, -0.2) is 28.0 Å². The average Bonchev–Trinajstić information content (AvgIpc) is 2.29. The minimum Gasteiger partial charge on any atom is -0.341 e. The molecule has 0 amide bonds. The van der Waals surface area contributed by atoms with Crippen molar-refractivity contribution in [3.8, 4) is 0 Å². The van der Waals surface area contributed by atoms with E-state index in [1.165, 1.54) is 25.7 Å². The van der Waals surface area contributed by atoms with Crippen LogP contribution < -0.4 is 4.90 Å². The maximum absolute atomic E-state index is 5.77. The zero-order chi connectivity index (χ0) is 12.3. The first kappa shape index (κ1) is 12.8. The molecule has 0 saturated carbocycles. The summed E-state index contributed by atoms with van der Waals surface area (Å²) >= 11 is 11.5. The number of aromatic nitrogens is 3.